The van der Waals surface area contributed by atoms with Crippen LogP contribution in [0.15, 0.2) is 30.3 Å². The van der Waals surface area contributed by atoms with Crippen LogP contribution in [0.5, 0.6) is 0 Å². The van der Waals surface area contributed by atoms with Gasteiger partial charge in [-0.2, -0.15) is 13.2 Å². The van der Waals surface area contributed by atoms with Crippen molar-refractivity contribution in [1.29, 1.82) is 0 Å². The molecule has 1 unspecified atom stereocenters. The van der Waals surface area contributed by atoms with Crippen LogP contribution in [-0.4, -0.2) is 12.1 Å². The smallest absolute Gasteiger partial charge is 0.432 e. The number of carbonyl (C=O) groups excluding carboxylic acids is 1. The Bertz CT molecular complexity index is 466. The van der Waals surface area contributed by atoms with E-state index in [9.17, 15) is 18.0 Å². The number of rotatable bonds is 4. The molecule has 0 aliphatic rings. The molecule has 0 saturated carbocycles. The van der Waals surface area contributed by atoms with E-state index in [4.69, 9.17) is 4.74 Å². The quantitative estimate of drug-likeness (QED) is 0.765. The van der Waals surface area contributed by atoms with E-state index >= 15 is 0 Å². The third-order valence-electron chi connectivity index (χ3n) is 3.60. The normalized spacial score (nSPS) is 15.6. The summed E-state index contributed by atoms with van der Waals surface area (Å²) in [5, 5.41) is 0. The predicted molar refractivity (Wildman–Crippen MR) is 70.0 cm³/mol. The van der Waals surface area contributed by atoms with E-state index in [-0.39, 0.29) is 5.56 Å². The number of carbonyl (C=O) groups is 1. The van der Waals surface area contributed by atoms with E-state index in [1.165, 1.54) is 24.3 Å². The molecule has 1 aromatic carbocycles. The van der Waals surface area contributed by atoms with E-state index in [1.807, 2.05) is 0 Å². The Morgan fingerprint density at radius 3 is 2.00 bits per heavy atom. The SMILES string of the molecule is CCC(C)(C)C(=O)OC(C)(c1ccccc1)C(F)(F)F. The van der Waals surface area contributed by atoms with Gasteiger partial charge in [0.2, 0.25) is 5.60 Å². The summed E-state index contributed by atoms with van der Waals surface area (Å²) in [4.78, 5) is 12.0. The first-order valence-corrected chi connectivity index (χ1v) is 6.40. The van der Waals surface area contributed by atoms with Crippen LogP contribution in [0.25, 0.3) is 0 Å². The second-order valence-corrected chi connectivity index (χ2v) is 5.52. The summed E-state index contributed by atoms with van der Waals surface area (Å²) in [5.41, 5.74) is -3.69. The van der Waals surface area contributed by atoms with Gasteiger partial charge >= 0.3 is 12.1 Å². The Morgan fingerprint density at radius 2 is 1.60 bits per heavy atom. The molecule has 112 valence electrons. The van der Waals surface area contributed by atoms with Crippen molar-refractivity contribution in [2.24, 2.45) is 5.41 Å². The molecule has 0 N–H and O–H groups in total. The fourth-order valence-corrected chi connectivity index (χ4v) is 1.50. The van der Waals surface area contributed by atoms with Gasteiger partial charge in [0.05, 0.1) is 5.41 Å². The van der Waals surface area contributed by atoms with Gasteiger partial charge in [0.25, 0.3) is 0 Å². The zero-order chi connectivity index (χ0) is 15.6. The maximum absolute atomic E-state index is 13.4. The van der Waals surface area contributed by atoms with E-state index in [0.717, 1.165) is 6.92 Å². The van der Waals surface area contributed by atoms with Crippen molar-refractivity contribution in [3.8, 4) is 0 Å². The molecule has 0 radical (unpaired) electrons. The minimum Gasteiger partial charge on any atom is -0.444 e. The Balaban J connectivity index is 3.20. The van der Waals surface area contributed by atoms with Gasteiger partial charge in [-0.15, -0.1) is 0 Å². The molecule has 0 aliphatic carbocycles. The zero-order valence-corrected chi connectivity index (χ0v) is 12.0. The summed E-state index contributed by atoms with van der Waals surface area (Å²) in [7, 11) is 0. The minimum atomic E-state index is -4.69. The fourth-order valence-electron chi connectivity index (χ4n) is 1.50. The molecule has 0 saturated heterocycles. The third kappa shape index (κ3) is 3.14. The fraction of sp³-hybridized carbons (Fsp3) is 0.533. The number of esters is 1. The Hall–Kier alpha value is -1.52. The highest BCUT2D eigenvalue weighted by atomic mass is 19.4. The van der Waals surface area contributed by atoms with Gasteiger partial charge < -0.3 is 4.74 Å². The highest BCUT2D eigenvalue weighted by molar-refractivity contribution is 5.76. The van der Waals surface area contributed by atoms with Crippen molar-refractivity contribution in [3.63, 3.8) is 0 Å². The third-order valence-corrected chi connectivity index (χ3v) is 3.60. The highest BCUT2D eigenvalue weighted by Crippen LogP contribution is 2.43. The molecule has 0 heterocycles. The largest absolute Gasteiger partial charge is 0.444 e. The van der Waals surface area contributed by atoms with Gasteiger partial charge in [-0.05, 0) is 27.2 Å². The van der Waals surface area contributed by atoms with Gasteiger partial charge in [0.15, 0.2) is 0 Å². The van der Waals surface area contributed by atoms with Crippen molar-refractivity contribution >= 4 is 5.97 Å². The molecular formula is C15H19F3O2. The van der Waals surface area contributed by atoms with Crippen molar-refractivity contribution in [2.45, 2.75) is 45.9 Å². The molecule has 0 fully saturated rings. The first-order valence-electron chi connectivity index (χ1n) is 6.40. The van der Waals surface area contributed by atoms with E-state index in [1.54, 1.807) is 26.8 Å². The summed E-state index contributed by atoms with van der Waals surface area (Å²) in [6, 6.07) is 7.19. The lowest BCUT2D eigenvalue weighted by molar-refractivity contribution is -0.273. The second kappa shape index (κ2) is 5.46. The summed E-state index contributed by atoms with van der Waals surface area (Å²) >= 11 is 0. The van der Waals surface area contributed by atoms with E-state index in [0.29, 0.717) is 6.42 Å². The Kier molecular flexibility index (Phi) is 4.52. The van der Waals surface area contributed by atoms with Crippen LogP contribution in [0, 0.1) is 5.41 Å². The monoisotopic (exact) mass is 288 g/mol. The average Bonchev–Trinajstić information content (AvgIpc) is 2.38. The highest BCUT2D eigenvalue weighted by Gasteiger charge is 2.56. The number of alkyl halides is 3. The number of benzene rings is 1. The van der Waals surface area contributed by atoms with Crippen molar-refractivity contribution in [1.82, 2.24) is 0 Å². The van der Waals surface area contributed by atoms with Gasteiger partial charge in [-0.1, -0.05) is 37.3 Å². The maximum atomic E-state index is 13.4. The van der Waals surface area contributed by atoms with Gasteiger partial charge in [0, 0.05) is 5.56 Å². The lowest BCUT2D eigenvalue weighted by Gasteiger charge is -2.35. The summed E-state index contributed by atoms with van der Waals surface area (Å²) in [6.07, 6.45) is -4.29. The predicted octanol–water partition coefficient (Wildman–Crippen LogP) is 4.44. The maximum Gasteiger partial charge on any atom is 0.432 e. The number of ether oxygens (including phenoxy) is 1. The summed E-state index contributed by atoms with van der Waals surface area (Å²) in [6.45, 7) is 5.74. The lowest BCUT2D eigenvalue weighted by atomic mass is 9.89. The molecule has 5 heteroatoms. The van der Waals surface area contributed by atoms with Crippen molar-refractivity contribution in [3.05, 3.63) is 35.9 Å². The average molecular weight is 288 g/mol. The Morgan fingerprint density at radius 1 is 1.10 bits per heavy atom. The molecule has 0 spiro atoms. The molecule has 0 amide bonds. The molecule has 0 aliphatic heterocycles. The first-order chi connectivity index (χ1) is 9.04. The molecule has 1 rings (SSSR count). The van der Waals surface area contributed by atoms with Crippen molar-refractivity contribution < 1.29 is 22.7 Å². The van der Waals surface area contributed by atoms with Crippen LogP contribution in [0.3, 0.4) is 0 Å². The standard InChI is InChI=1S/C15H19F3O2/c1-5-13(2,3)12(19)20-14(4,15(16,17)18)11-9-7-6-8-10-11/h6-10H,5H2,1-4H3. The van der Waals surface area contributed by atoms with Gasteiger partial charge in [-0.25, -0.2) is 0 Å². The molecule has 1 atom stereocenters. The zero-order valence-electron chi connectivity index (χ0n) is 12.0. The molecule has 20 heavy (non-hydrogen) atoms. The molecule has 0 aromatic heterocycles. The van der Waals surface area contributed by atoms with Crippen LogP contribution in [0.4, 0.5) is 13.2 Å². The summed E-state index contributed by atoms with van der Waals surface area (Å²) < 4.78 is 45.0. The molecular weight excluding hydrogens is 269 g/mol. The van der Waals surface area contributed by atoms with Crippen LogP contribution < -0.4 is 0 Å². The molecule has 0 bridgehead atoms. The lowest BCUT2D eigenvalue weighted by Crippen LogP contribution is -2.46. The van der Waals surface area contributed by atoms with Crippen LogP contribution in [0.2, 0.25) is 0 Å². The van der Waals surface area contributed by atoms with E-state index in [2.05, 4.69) is 0 Å². The second-order valence-electron chi connectivity index (χ2n) is 5.52. The summed E-state index contributed by atoms with van der Waals surface area (Å²) in [5.74, 6) is -0.858. The Labute approximate surface area is 116 Å². The number of halogens is 3. The van der Waals surface area contributed by atoms with E-state index < -0.39 is 23.2 Å². The van der Waals surface area contributed by atoms with Crippen LogP contribution in [0.1, 0.15) is 39.7 Å². The first kappa shape index (κ1) is 16.5. The van der Waals surface area contributed by atoms with Crippen LogP contribution >= 0.6 is 0 Å². The minimum absolute atomic E-state index is 0.0900. The van der Waals surface area contributed by atoms with Gasteiger partial charge in [-0.3, -0.25) is 4.79 Å². The van der Waals surface area contributed by atoms with Crippen molar-refractivity contribution in [2.75, 3.05) is 0 Å². The number of hydrogen-bond acceptors (Lipinski definition) is 2. The number of hydrogen-bond donors (Lipinski definition) is 0. The molecule has 2 nitrogen and oxygen atoms in total. The van der Waals surface area contributed by atoms with Gasteiger partial charge in [0.1, 0.15) is 0 Å². The molecule has 1 aromatic rings. The van der Waals surface area contributed by atoms with Crippen LogP contribution in [-0.2, 0) is 15.1 Å². The topological polar surface area (TPSA) is 26.3 Å².